The highest BCUT2D eigenvalue weighted by molar-refractivity contribution is 5.94. The molecular weight excluding hydrogens is 306 g/mol. The van der Waals surface area contributed by atoms with E-state index in [1.807, 2.05) is 43.3 Å². The van der Waals surface area contributed by atoms with Crippen LogP contribution in [-0.4, -0.2) is 27.2 Å². The summed E-state index contributed by atoms with van der Waals surface area (Å²) in [6.45, 7) is 2.38. The number of ether oxygens (including phenoxy) is 3. The second-order valence-corrected chi connectivity index (χ2v) is 5.44. The number of rotatable bonds is 7. The van der Waals surface area contributed by atoms with E-state index in [4.69, 9.17) is 14.2 Å². The normalized spacial score (nSPS) is 11.7. The topological polar surface area (TPSA) is 56.8 Å². The van der Waals surface area contributed by atoms with Gasteiger partial charge in [-0.15, -0.1) is 0 Å². The third-order valence-corrected chi connectivity index (χ3v) is 3.75. The smallest absolute Gasteiger partial charge is 0.251 e. The molecule has 0 spiro atoms. The minimum atomic E-state index is -0.228. The lowest BCUT2D eigenvalue weighted by atomic mass is 10.1. The Bertz CT molecular complexity index is 700. The first-order valence-corrected chi connectivity index (χ1v) is 7.69. The first kappa shape index (κ1) is 17.8. The first-order valence-electron chi connectivity index (χ1n) is 7.69. The third-order valence-electron chi connectivity index (χ3n) is 3.75. The van der Waals surface area contributed by atoms with Crippen molar-refractivity contribution in [3.05, 3.63) is 59.2 Å². The largest absolute Gasteiger partial charge is 0.497 e. The molecule has 0 bridgehead atoms. The molecule has 1 unspecified atom stereocenters. The lowest BCUT2D eigenvalue weighted by Gasteiger charge is -2.18. The predicted octanol–water partition coefficient (Wildman–Crippen LogP) is 3.34. The van der Waals surface area contributed by atoms with E-state index < -0.39 is 0 Å². The predicted molar refractivity (Wildman–Crippen MR) is 92.6 cm³/mol. The van der Waals surface area contributed by atoms with E-state index in [0.717, 1.165) is 11.1 Å². The summed E-state index contributed by atoms with van der Waals surface area (Å²) >= 11 is 0. The molecule has 0 saturated carbocycles. The second-order valence-electron chi connectivity index (χ2n) is 5.44. The summed E-state index contributed by atoms with van der Waals surface area (Å²) in [6, 6.07) is 12.7. The summed E-state index contributed by atoms with van der Waals surface area (Å²) in [7, 11) is 4.84. The molecular formula is C19H23NO4. The van der Waals surface area contributed by atoms with Crippen LogP contribution in [0.3, 0.4) is 0 Å². The fourth-order valence-corrected chi connectivity index (χ4v) is 2.50. The van der Waals surface area contributed by atoms with E-state index in [-0.39, 0.29) is 11.9 Å². The standard InChI is InChI=1S/C19H23NO4/c1-13(17-11-16(23-3)8-9-18(17)24-4)20-19(21)15-7-5-6-14(10-15)12-22-2/h5-11,13H,12H2,1-4H3,(H,20,21). The second kappa shape index (κ2) is 8.36. The van der Waals surface area contributed by atoms with E-state index in [2.05, 4.69) is 5.32 Å². The maximum absolute atomic E-state index is 12.5. The Kier molecular flexibility index (Phi) is 6.21. The maximum Gasteiger partial charge on any atom is 0.251 e. The molecule has 24 heavy (non-hydrogen) atoms. The highest BCUT2D eigenvalue weighted by Crippen LogP contribution is 2.29. The molecule has 0 saturated heterocycles. The number of methoxy groups -OCH3 is 3. The SMILES string of the molecule is COCc1cccc(C(=O)NC(C)c2cc(OC)ccc2OC)c1. The van der Waals surface area contributed by atoms with Gasteiger partial charge in [0.25, 0.3) is 5.91 Å². The van der Waals surface area contributed by atoms with E-state index in [0.29, 0.717) is 23.7 Å². The minimum Gasteiger partial charge on any atom is -0.497 e. The van der Waals surface area contributed by atoms with Gasteiger partial charge in [0.2, 0.25) is 0 Å². The number of nitrogens with one attached hydrogen (secondary N) is 1. The number of carbonyl (C=O) groups excluding carboxylic acids is 1. The van der Waals surface area contributed by atoms with Crippen LogP contribution < -0.4 is 14.8 Å². The zero-order chi connectivity index (χ0) is 17.5. The van der Waals surface area contributed by atoms with Gasteiger partial charge in [0.05, 0.1) is 26.9 Å². The molecule has 0 fully saturated rings. The van der Waals surface area contributed by atoms with Crippen molar-refractivity contribution < 1.29 is 19.0 Å². The Morgan fingerprint density at radius 2 is 1.88 bits per heavy atom. The zero-order valence-electron chi connectivity index (χ0n) is 14.5. The first-order chi connectivity index (χ1) is 11.6. The average Bonchev–Trinajstić information content (AvgIpc) is 2.61. The van der Waals surface area contributed by atoms with Gasteiger partial charge >= 0.3 is 0 Å². The van der Waals surface area contributed by atoms with Gasteiger partial charge < -0.3 is 19.5 Å². The molecule has 0 aromatic heterocycles. The molecule has 128 valence electrons. The van der Waals surface area contributed by atoms with Crippen molar-refractivity contribution in [2.75, 3.05) is 21.3 Å². The highest BCUT2D eigenvalue weighted by atomic mass is 16.5. The fraction of sp³-hybridized carbons (Fsp3) is 0.316. The Morgan fingerprint density at radius 3 is 2.54 bits per heavy atom. The summed E-state index contributed by atoms with van der Waals surface area (Å²) in [5.41, 5.74) is 2.41. The Balaban J connectivity index is 2.18. The lowest BCUT2D eigenvalue weighted by molar-refractivity contribution is 0.0939. The molecule has 0 aliphatic rings. The number of benzene rings is 2. The molecule has 2 rings (SSSR count). The maximum atomic E-state index is 12.5. The average molecular weight is 329 g/mol. The van der Waals surface area contributed by atoms with Crippen molar-refractivity contribution >= 4 is 5.91 Å². The summed E-state index contributed by atoms with van der Waals surface area (Å²) < 4.78 is 15.7. The van der Waals surface area contributed by atoms with Gasteiger partial charge in [0.1, 0.15) is 11.5 Å². The van der Waals surface area contributed by atoms with Gasteiger partial charge in [0.15, 0.2) is 0 Å². The summed E-state index contributed by atoms with van der Waals surface area (Å²) in [5, 5.41) is 2.99. The Hall–Kier alpha value is -2.53. The Morgan fingerprint density at radius 1 is 1.08 bits per heavy atom. The molecule has 0 radical (unpaired) electrons. The molecule has 5 heteroatoms. The van der Waals surface area contributed by atoms with Gasteiger partial charge in [-0.05, 0) is 42.8 Å². The van der Waals surface area contributed by atoms with Gasteiger partial charge in [-0.2, -0.15) is 0 Å². The van der Waals surface area contributed by atoms with Crippen LogP contribution in [0.25, 0.3) is 0 Å². The molecule has 2 aromatic rings. The van der Waals surface area contributed by atoms with Gasteiger partial charge in [-0.3, -0.25) is 4.79 Å². The molecule has 0 aliphatic carbocycles. The van der Waals surface area contributed by atoms with Gasteiger partial charge in [0, 0.05) is 18.2 Å². The van der Waals surface area contributed by atoms with Crippen molar-refractivity contribution in [1.29, 1.82) is 0 Å². The van der Waals surface area contributed by atoms with E-state index in [9.17, 15) is 4.79 Å². The highest BCUT2D eigenvalue weighted by Gasteiger charge is 2.16. The molecule has 0 aliphatic heterocycles. The van der Waals surface area contributed by atoms with Crippen LogP contribution in [0, 0.1) is 0 Å². The van der Waals surface area contributed by atoms with E-state index in [1.54, 1.807) is 27.4 Å². The molecule has 2 aromatic carbocycles. The molecule has 1 amide bonds. The van der Waals surface area contributed by atoms with Gasteiger partial charge in [-0.25, -0.2) is 0 Å². The van der Waals surface area contributed by atoms with Crippen molar-refractivity contribution in [2.24, 2.45) is 0 Å². The van der Waals surface area contributed by atoms with Crippen LogP contribution in [-0.2, 0) is 11.3 Å². The zero-order valence-corrected chi connectivity index (χ0v) is 14.5. The molecule has 1 N–H and O–H groups in total. The van der Waals surface area contributed by atoms with Crippen molar-refractivity contribution in [1.82, 2.24) is 5.32 Å². The summed E-state index contributed by atoms with van der Waals surface area (Å²) in [5.74, 6) is 1.27. The number of hydrogen-bond donors (Lipinski definition) is 1. The van der Waals surface area contributed by atoms with Crippen LogP contribution in [0.15, 0.2) is 42.5 Å². The molecule has 1 atom stereocenters. The minimum absolute atomic E-state index is 0.148. The number of hydrogen-bond acceptors (Lipinski definition) is 4. The van der Waals surface area contributed by atoms with E-state index >= 15 is 0 Å². The van der Waals surface area contributed by atoms with Crippen LogP contribution >= 0.6 is 0 Å². The van der Waals surface area contributed by atoms with E-state index in [1.165, 1.54) is 0 Å². The lowest BCUT2D eigenvalue weighted by Crippen LogP contribution is -2.27. The number of carbonyl (C=O) groups is 1. The van der Waals surface area contributed by atoms with Crippen LogP contribution in [0.1, 0.15) is 34.5 Å². The van der Waals surface area contributed by atoms with Crippen LogP contribution in [0.5, 0.6) is 11.5 Å². The van der Waals surface area contributed by atoms with Crippen molar-refractivity contribution in [2.45, 2.75) is 19.6 Å². The number of amides is 1. The quantitative estimate of drug-likeness (QED) is 0.846. The fourth-order valence-electron chi connectivity index (χ4n) is 2.50. The van der Waals surface area contributed by atoms with Crippen LogP contribution in [0.4, 0.5) is 0 Å². The third kappa shape index (κ3) is 4.26. The summed E-state index contributed by atoms with van der Waals surface area (Å²) in [6.07, 6.45) is 0. The molecule has 5 nitrogen and oxygen atoms in total. The van der Waals surface area contributed by atoms with Crippen LogP contribution in [0.2, 0.25) is 0 Å². The van der Waals surface area contributed by atoms with Crippen molar-refractivity contribution in [3.8, 4) is 11.5 Å². The Labute approximate surface area is 142 Å². The van der Waals surface area contributed by atoms with Crippen molar-refractivity contribution in [3.63, 3.8) is 0 Å². The van der Waals surface area contributed by atoms with Gasteiger partial charge in [-0.1, -0.05) is 12.1 Å². The summed E-state index contributed by atoms with van der Waals surface area (Å²) in [4.78, 5) is 12.5. The monoisotopic (exact) mass is 329 g/mol. The molecule has 0 heterocycles.